The topological polar surface area (TPSA) is 55.1 Å². The predicted molar refractivity (Wildman–Crippen MR) is 94.7 cm³/mol. The van der Waals surface area contributed by atoms with Crippen molar-refractivity contribution in [2.24, 2.45) is 0 Å². The molecule has 122 valence electrons. The summed E-state index contributed by atoms with van der Waals surface area (Å²) in [5.74, 6) is 3.53. The van der Waals surface area contributed by atoms with E-state index in [4.69, 9.17) is 4.52 Å². The van der Waals surface area contributed by atoms with Gasteiger partial charge in [0.15, 0.2) is 0 Å². The van der Waals surface area contributed by atoms with Crippen molar-refractivity contribution in [3.63, 3.8) is 0 Å². The molecule has 2 aromatic heterocycles. The first-order valence-electron chi connectivity index (χ1n) is 8.02. The third-order valence-corrected chi connectivity index (χ3v) is 5.08. The quantitative estimate of drug-likeness (QED) is 0.728. The van der Waals surface area contributed by atoms with Crippen LogP contribution in [0, 0.1) is 0 Å². The second-order valence-corrected chi connectivity index (χ2v) is 6.88. The fourth-order valence-corrected chi connectivity index (χ4v) is 3.88. The number of aromatic nitrogens is 3. The summed E-state index contributed by atoms with van der Waals surface area (Å²) in [6, 6.07) is 14.2. The highest BCUT2D eigenvalue weighted by atomic mass is 32.2. The zero-order chi connectivity index (χ0) is 16.2. The molecule has 0 unspecified atom stereocenters. The number of hydrogen-bond donors (Lipinski definition) is 0. The van der Waals surface area contributed by atoms with Crippen molar-refractivity contribution in [3.05, 3.63) is 66.3 Å². The van der Waals surface area contributed by atoms with E-state index in [1.807, 2.05) is 30.0 Å². The van der Waals surface area contributed by atoms with Gasteiger partial charge >= 0.3 is 0 Å². The molecule has 1 atom stereocenters. The Morgan fingerprint density at radius 1 is 1.00 bits per heavy atom. The Hall–Kier alpha value is -2.18. The Kier molecular flexibility index (Phi) is 4.57. The van der Waals surface area contributed by atoms with E-state index < -0.39 is 0 Å². The number of thioether (sulfide) groups is 1. The number of hydrogen-bond acceptors (Lipinski definition) is 6. The molecule has 0 amide bonds. The Balaban J connectivity index is 1.70. The lowest BCUT2D eigenvalue weighted by Gasteiger charge is -2.32. The molecule has 24 heavy (non-hydrogen) atoms. The van der Waals surface area contributed by atoms with Crippen LogP contribution in [0.4, 0.5) is 0 Å². The van der Waals surface area contributed by atoms with Crippen LogP contribution in [-0.2, 0) is 0 Å². The Morgan fingerprint density at radius 3 is 2.50 bits per heavy atom. The van der Waals surface area contributed by atoms with Crippen LogP contribution in [0.3, 0.4) is 0 Å². The van der Waals surface area contributed by atoms with Gasteiger partial charge in [-0.15, -0.1) is 0 Å². The van der Waals surface area contributed by atoms with Crippen LogP contribution in [0.15, 0.2) is 59.4 Å². The number of pyridine rings is 1. The van der Waals surface area contributed by atoms with Crippen LogP contribution < -0.4 is 0 Å². The Morgan fingerprint density at radius 2 is 1.75 bits per heavy atom. The first kappa shape index (κ1) is 15.4. The molecule has 0 spiro atoms. The summed E-state index contributed by atoms with van der Waals surface area (Å²) >= 11 is 1.99. The third kappa shape index (κ3) is 3.20. The van der Waals surface area contributed by atoms with Crippen molar-refractivity contribution in [2.75, 3.05) is 24.6 Å². The van der Waals surface area contributed by atoms with Crippen LogP contribution in [0.2, 0.25) is 0 Å². The van der Waals surface area contributed by atoms with Gasteiger partial charge < -0.3 is 4.52 Å². The fraction of sp³-hybridized carbons (Fsp3) is 0.278. The van der Waals surface area contributed by atoms with Crippen LogP contribution in [-0.4, -0.2) is 44.6 Å². The van der Waals surface area contributed by atoms with E-state index in [0.29, 0.717) is 11.7 Å². The molecule has 0 radical (unpaired) electrons. The van der Waals surface area contributed by atoms with E-state index in [0.717, 1.165) is 30.2 Å². The smallest absolute Gasteiger partial charge is 0.248 e. The molecular formula is C18H18N4OS. The van der Waals surface area contributed by atoms with Crippen LogP contribution in [0.1, 0.15) is 17.5 Å². The normalized spacial score (nSPS) is 16.8. The monoisotopic (exact) mass is 338 g/mol. The summed E-state index contributed by atoms with van der Waals surface area (Å²) in [4.78, 5) is 11.1. The average Bonchev–Trinajstić information content (AvgIpc) is 3.14. The summed E-state index contributed by atoms with van der Waals surface area (Å²) in [7, 11) is 0. The molecule has 3 aromatic rings. The zero-order valence-electron chi connectivity index (χ0n) is 13.2. The predicted octanol–water partition coefficient (Wildman–Crippen LogP) is 3.27. The van der Waals surface area contributed by atoms with Gasteiger partial charge in [0.2, 0.25) is 11.7 Å². The minimum atomic E-state index is 0.00943. The lowest BCUT2D eigenvalue weighted by molar-refractivity contribution is 0.204. The second-order valence-electron chi connectivity index (χ2n) is 5.65. The maximum Gasteiger partial charge on any atom is 0.248 e. The van der Waals surface area contributed by atoms with Gasteiger partial charge in [0.05, 0.1) is 0 Å². The number of rotatable bonds is 4. The van der Waals surface area contributed by atoms with E-state index in [1.165, 1.54) is 5.56 Å². The molecule has 0 bridgehead atoms. The van der Waals surface area contributed by atoms with Gasteiger partial charge in [0, 0.05) is 42.6 Å². The van der Waals surface area contributed by atoms with Crippen LogP contribution in [0.5, 0.6) is 0 Å². The van der Waals surface area contributed by atoms with E-state index in [1.54, 1.807) is 12.4 Å². The molecule has 1 aromatic carbocycles. The van der Waals surface area contributed by atoms with Gasteiger partial charge in [-0.3, -0.25) is 9.88 Å². The summed E-state index contributed by atoms with van der Waals surface area (Å²) in [6.45, 7) is 2.05. The van der Waals surface area contributed by atoms with Crippen molar-refractivity contribution >= 4 is 11.8 Å². The highest BCUT2D eigenvalue weighted by molar-refractivity contribution is 7.99. The van der Waals surface area contributed by atoms with Crippen LogP contribution >= 0.6 is 11.8 Å². The van der Waals surface area contributed by atoms with Gasteiger partial charge in [0.1, 0.15) is 6.04 Å². The highest BCUT2D eigenvalue weighted by Gasteiger charge is 2.29. The lowest BCUT2D eigenvalue weighted by Crippen LogP contribution is -2.36. The molecule has 5 nitrogen and oxygen atoms in total. The first-order chi connectivity index (χ1) is 11.9. The zero-order valence-corrected chi connectivity index (χ0v) is 14.0. The van der Waals surface area contributed by atoms with Gasteiger partial charge in [0.25, 0.3) is 0 Å². The van der Waals surface area contributed by atoms with E-state index in [9.17, 15) is 0 Å². The first-order valence-corrected chi connectivity index (χ1v) is 9.18. The molecule has 3 heterocycles. The molecule has 1 aliphatic heterocycles. The number of nitrogens with zero attached hydrogens (tertiary/aromatic N) is 4. The molecule has 1 saturated heterocycles. The largest absolute Gasteiger partial charge is 0.337 e. The third-order valence-electron chi connectivity index (χ3n) is 4.14. The minimum absolute atomic E-state index is 0.00943. The van der Waals surface area contributed by atoms with Crippen molar-refractivity contribution in [1.29, 1.82) is 0 Å². The van der Waals surface area contributed by atoms with E-state index in [2.05, 4.69) is 44.3 Å². The molecule has 0 saturated carbocycles. The number of benzene rings is 1. The second kappa shape index (κ2) is 7.15. The van der Waals surface area contributed by atoms with E-state index in [-0.39, 0.29) is 6.04 Å². The van der Waals surface area contributed by atoms with Gasteiger partial charge in [-0.25, -0.2) is 0 Å². The average molecular weight is 338 g/mol. The van der Waals surface area contributed by atoms with Gasteiger partial charge in [-0.1, -0.05) is 35.5 Å². The Bertz CT molecular complexity index is 772. The van der Waals surface area contributed by atoms with Gasteiger partial charge in [-0.05, 0) is 17.7 Å². The lowest BCUT2D eigenvalue weighted by atomic mass is 10.1. The molecular weight excluding hydrogens is 320 g/mol. The standard InChI is InChI=1S/C18H18N4OS/c1-2-4-14(5-3-1)16(22-10-12-24-13-11-22)18-20-17(21-23-18)15-6-8-19-9-7-15/h1-9,16H,10-13H2/t16-/m1/s1. The molecule has 4 rings (SSSR count). The summed E-state index contributed by atoms with van der Waals surface area (Å²) in [5.41, 5.74) is 2.11. The molecule has 1 aliphatic rings. The Labute approximate surface area is 145 Å². The molecule has 0 N–H and O–H groups in total. The summed E-state index contributed by atoms with van der Waals surface area (Å²) in [6.07, 6.45) is 3.48. The van der Waals surface area contributed by atoms with Crippen molar-refractivity contribution in [3.8, 4) is 11.4 Å². The maximum atomic E-state index is 5.66. The van der Waals surface area contributed by atoms with E-state index >= 15 is 0 Å². The minimum Gasteiger partial charge on any atom is -0.337 e. The van der Waals surface area contributed by atoms with Crippen molar-refractivity contribution in [2.45, 2.75) is 6.04 Å². The molecule has 0 aliphatic carbocycles. The van der Waals surface area contributed by atoms with Crippen molar-refractivity contribution in [1.82, 2.24) is 20.0 Å². The highest BCUT2D eigenvalue weighted by Crippen LogP contribution is 2.30. The fourth-order valence-electron chi connectivity index (χ4n) is 2.95. The summed E-state index contributed by atoms with van der Waals surface area (Å²) in [5, 5.41) is 4.18. The van der Waals surface area contributed by atoms with Crippen molar-refractivity contribution < 1.29 is 4.52 Å². The van der Waals surface area contributed by atoms with Gasteiger partial charge in [-0.2, -0.15) is 16.7 Å². The molecule has 6 heteroatoms. The molecule has 1 fully saturated rings. The van der Waals surface area contributed by atoms with Crippen LogP contribution in [0.25, 0.3) is 11.4 Å². The maximum absolute atomic E-state index is 5.66. The summed E-state index contributed by atoms with van der Waals surface area (Å²) < 4.78 is 5.66. The SMILES string of the molecule is c1ccc([C@H](c2nc(-c3ccncc3)no2)N2CCSCC2)cc1.